The van der Waals surface area contributed by atoms with Crippen molar-refractivity contribution < 1.29 is 8.78 Å². The number of halogens is 2. The number of allylic oxidation sites excluding steroid dienone is 1. The first-order chi connectivity index (χ1) is 8.68. The maximum atomic E-state index is 13.7. The smallest absolute Gasteiger partial charge is 0.131 e. The van der Waals surface area contributed by atoms with E-state index in [9.17, 15) is 8.78 Å². The van der Waals surface area contributed by atoms with Crippen molar-refractivity contribution in [2.45, 2.75) is 44.6 Å². The molecule has 0 aliphatic heterocycles. The normalized spacial score (nSPS) is 21.6. The van der Waals surface area contributed by atoms with Crippen LogP contribution in [0.3, 0.4) is 0 Å². The molecule has 98 valence electrons. The number of nitrogens with two attached hydrogens (primary N) is 1. The van der Waals surface area contributed by atoms with E-state index in [2.05, 4.69) is 6.08 Å². The number of benzene rings is 1. The topological polar surface area (TPSA) is 26.0 Å². The molecule has 0 bridgehead atoms. The zero-order chi connectivity index (χ0) is 13.0. The van der Waals surface area contributed by atoms with E-state index in [4.69, 9.17) is 5.73 Å². The highest BCUT2D eigenvalue weighted by atomic mass is 19.1. The van der Waals surface area contributed by atoms with Crippen molar-refractivity contribution in [2.24, 2.45) is 5.73 Å². The molecule has 1 aromatic rings. The molecule has 1 aliphatic rings. The molecular weight excluding hydrogens is 232 g/mol. The highest BCUT2D eigenvalue weighted by Crippen LogP contribution is 2.28. The van der Waals surface area contributed by atoms with E-state index in [0.29, 0.717) is 5.56 Å². The van der Waals surface area contributed by atoms with E-state index in [1.165, 1.54) is 31.4 Å². The maximum Gasteiger partial charge on any atom is 0.131 e. The van der Waals surface area contributed by atoms with Crippen molar-refractivity contribution >= 4 is 0 Å². The van der Waals surface area contributed by atoms with E-state index in [1.807, 2.05) is 0 Å². The third-order valence-electron chi connectivity index (χ3n) is 3.52. The van der Waals surface area contributed by atoms with Crippen LogP contribution >= 0.6 is 0 Å². The van der Waals surface area contributed by atoms with Crippen LogP contribution in [0, 0.1) is 11.6 Å². The Bertz CT molecular complexity index is 440. The molecule has 18 heavy (non-hydrogen) atoms. The molecule has 0 saturated heterocycles. The molecule has 0 heterocycles. The molecule has 0 saturated carbocycles. The van der Waals surface area contributed by atoms with Crippen LogP contribution in [0.1, 0.15) is 50.1 Å². The molecule has 1 aromatic carbocycles. The summed E-state index contributed by atoms with van der Waals surface area (Å²) in [6.07, 6.45) is 8.78. The van der Waals surface area contributed by atoms with Gasteiger partial charge in [-0.05, 0) is 31.7 Å². The first-order valence-electron chi connectivity index (χ1n) is 6.58. The maximum absolute atomic E-state index is 13.7. The number of hydrogen-bond donors (Lipinski definition) is 1. The zero-order valence-corrected chi connectivity index (χ0v) is 10.5. The third kappa shape index (κ3) is 3.16. The van der Waals surface area contributed by atoms with Gasteiger partial charge in [-0.15, -0.1) is 0 Å². The predicted molar refractivity (Wildman–Crippen MR) is 69.1 cm³/mol. The lowest BCUT2D eigenvalue weighted by Crippen LogP contribution is -2.16. The van der Waals surface area contributed by atoms with Crippen molar-refractivity contribution in [1.29, 1.82) is 0 Å². The van der Waals surface area contributed by atoms with Gasteiger partial charge >= 0.3 is 0 Å². The standard InChI is InChI=1S/C15H19F2N/c16-12-8-9-13(14(17)10-12)15(18)11-6-4-2-1-3-5-7-11/h6,8-10,15H,1-5,7,18H2/b11-6+. The lowest BCUT2D eigenvalue weighted by Gasteiger charge is -2.19. The number of rotatable bonds is 2. The van der Waals surface area contributed by atoms with Gasteiger partial charge in [0, 0.05) is 11.6 Å². The van der Waals surface area contributed by atoms with Crippen LogP contribution in [0.2, 0.25) is 0 Å². The van der Waals surface area contributed by atoms with Gasteiger partial charge in [-0.3, -0.25) is 0 Å². The summed E-state index contributed by atoms with van der Waals surface area (Å²) in [7, 11) is 0. The largest absolute Gasteiger partial charge is 0.320 e. The van der Waals surface area contributed by atoms with Gasteiger partial charge in [0.05, 0.1) is 6.04 Å². The Kier molecular flexibility index (Phi) is 4.48. The molecule has 1 atom stereocenters. The quantitative estimate of drug-likeness (QED) is 0.781. The summed E-state index contributed by atoms with van der Waals surface area (Å²) < 4.78 is 26.6. The van der Waals surface area contributed by atoms with Crippen molar-refractivity contribution in [3.8, 4) is 0 Å². The summed E-state index contributed by atoms with van der Waals surface area (Å²) in [4.78, 5) is 0. The molecule has 0 amide bonds. The fraction of sp³-hybridized carbons (Fsp3) is 0.467. The van der Waals surface area contributed by atoms with Gasteiger partial charge < -0.3 is 5.73 Å². The summed E-state index contributed by atoms with van der Waals surface area (Å²) in [5, 5.41) is 0. The summed E-state index contributed by atoms with van der Waals surface area (Å²) >= 11 is 0. The van der Waals surface area contributed by atoms with E-state index in [-0.39, 0.29) is 0 Å². The monoisotopic (exact) mass is 251 g/mol. The van der Waals surface area contributed by atoms with Gasteiger partial charge in [-0.2, -0.15) is 0 Å². The van der Waals surface area contributed by atoms with Gasteiger partial charge in [-0.25, -0.2) is 8.78 Å². The molecular formula is C15H19F2N. The van der Waals surface area contributed by atoms with Crippen LogP contribution in [0.5, 0.6) is 0 Å². The van der Waals surface area contributed by atoms with E-state index in [0.717, 1.165) is 30.9 Å². The SMILES string of the molecule is NC(/C1=C/CCCCCC1)c1ccc(F)cc1F. The number of hydrogen-bond acceptors (Lipinski definition) is 1. The van der Waals surface area contributed by atoms with Crippen LogP contribution in [0.15, 0.2) is 29.8 Å². The van der Waals surface area contributed by atoms with Crippen molar-refractivity contribution in [3.05, 3.63) is 47.0 Å². The molecule has 1 aliphatic carbocycles. The third-order valence-corrected chi connectivity index (χ3v) is 3.52. The van der Waals surface area contributed by atoms with Crippen molar-refractivity contribution in [3.63, 3.8) is 0 Å². The van der Waals surface area contributed by atoms with Crippen LogP contribution in [0.4, 0.5) is 8.78 Å². The molecule has 2 rings (SSSR count). The molecule has 1 unspecified atom stereocenters. The van der Waals surface area contributed by atoms with Gasteiger partial charge in [0.2, 0.25) is 0 Å². The van der Waals surface area contributed by atoms with Crippen molar-refractivity contribution in [2.75, 3.05) is 0 Å². The Morgan fingerprint density at radius 3 is 2.61 bits per heavy atom. The summed E-state index contributed by atoms with van der Waals surface area (Å²) in [5.74, 6) is -1.11. The lowest BCUT2D eigenvalue weighted by molar-refractivity contribution is 0.555. The second-order valence-corrected chi connectivity index (χ2v) is 4.88. The highest BCUT2D eigenvalue weighted by molar-refractivity contribution is 5.29. The van der Waals surface area contributed by atoms with Crippen LogP contribution in [-0.4, -0.2) is 0 Å². The van der Waals surface area contributed by atoms with Crippen LogP contribution < -0.4 is 5.73 Å². The highest BCUT2D eigenvalue weighted by Gasteiger charge is 2.16. The predicted octanol–water partition coefficient (Wildman–Crippen LogP) is 4.25. The molecule has 0 aromatic heterocycles. The lowest BCUT2D eigenvalue weighted by atomic mass is 9.91. The fourth-order valence-electron chi connectivity index (χ4n) is 2.45. The molecule has 1 nitrogen and oxygen atoms in total. The second kappa shape index (κ2) is 6.10. The van der Waals surface area contributed by atoms with E-state index in [1.54, 1.807) is 0 Å². The minimum absolute atomic E-state index is 0.392. The van der Waals surface area contributed by atoms with Gasteiger partial charge in [0.1, 0.15) is 11.6 Å². The first-order valence-corrected chi connectivity index (χ1v) is 6.58. The molecule has 0 fully saturated rings. The molecule has 0 spiro atoms. The van der Waals surface area contributed by atoms with Crippen molar-refractivity contribution in [1.82, 2.24) is 0 Å². The zero-order valence-electron chi connectivity index (χ0n) is 10.5. The average molecular weight is 251 g/mol. The second-order valence-electron chi connectivity index (χ2n) is 4.88. The summed E-state index contributed by atoms with van der Waals surface area (Å²) in [5.41, 5.74) is 7.59. The van der Waals surface area contributed by atoms with E-state index >= 15 is 0 Å². The molecule has 0 radical (unpaired) electrons. The Balaban J connectivity index is 2.20. The van der Waals surface area contributed by atoms with Crippen LogP contribution in [-0.2, 0) is 0 Å². The fourth-order valence-corrected chi connectivity index (χ4v) is 2.45. The first kappa shape index (κ1) is 13.2. The average Bonchev–Trinajstić information content (AvgIpc) is 2.27. The summed E-state index contributed by atoms with van der Waals surface area (Å²) in [6, 6.07) is 3.18. The van der Waals surface area contributed by atoms with Gasteiger partial charge in [0.25, 0.3) is 0 Å². The molecule has 2 N–H and O–H groups in total. The van der Waals surface area contributed by atoms with E-state index < -0.39 is 17.7 Å². The minimum atomic E-state index is -0.560. The van der Waals surface area contributed by atoms with Gasteiger partial charge in [-0.1, -0.05) is 30.6 Å². The Morgan fingerprint density at radius 2 is 1.83 bits per heavy atom. The molecule has 3 heteroatoms. The Labute approximate surface area is 107 Å². The summed E-state index contributed by atoms with van der Waals surface area (Å²) in [6.45, 7) is 0. The van der Waals surface area contributed by atoms with Crippen LogP contribution in [0.25, 0.3) is 0 Å². The van der Waals surface area contributed by atoms with Gasteiger partial charge in [0.15, 0.2) is 0 Å². The Morgan fingerprint density at radius 1 is 1.06 bits per heavy atom. The minimum Gasteiger partial charge on any atom is -0.320 e. The Hall–Kier alpha value is -1.22.